The molecule has 0 unspecified atom stereocenters. The first-order valence-corrected chi connectivity index (χ1v) is 10.2. The normalized spacial score (nSPS) is 16.1. The molecular weight excluding hydrogens is 413 g/mol. The van der Waals surface area contributed by atoms with Crippen LogP contribution < -0.4 is 15.5 Å². The van der Waals surface area contributed by atoms with Gasteiger partial charge in [-0.25, -0.2) is 0 Å². The average Bonchev–Trinajstić information content (AvgIpc) is 3.38. The number of hydrogen-bond donors (Lipinski definition) is 2. The van der Waals surface area contributed by atoms with Gasteiger partial charge in [0.05, 0.1) is 21.8 Å². The van der Waals surface area contributed by atoms with Gasteiger partial charge in [-0.1, -0.05) is 23.2 Å². The van der Waals surface area contributed by atoms with Crippen molar-refractivity contribution in [3.05, 3.63) is 57.6 Å². The van der Waals surface area contributed by atoms with Gasteiger partial charge < -0.3 is 15.5 Å². The molecule has 2 aromatic rings. The largest absolute Gasteiger partial charge is 0.349 e. The molecular formula is C21H19Cl2N3O3. The molecule has 29 heavy (non-hydrogen) atoms. The molecule has 1 aliphatic carbocycles. The number of hydrogen-bond acceptors (Lipinski definition) is 3. The van der Waals surface area contributed by atoms with Gasteiger partial charge in [-0.15, -0.1) is 0 Å². The molecule has 0 bridgehead atoms. The van der Waals surface area contributed by atoms with E-state index in [9.17, 15) is 14.4 Å². The molecule has 1 heterocycles. The zero-order valence-electron chi connectivity index (χ0n) is 15.5. The minimum absolute atomic E-state index is 0.0320. The third-order valence-corrected chi connectivity index (χ3v) is 5.50. The van der Waals surface area contributed by atoms with Crippen molar-refractivity contribution in [3.63, 3.8) is 0 Å². The monoisotopic (exact) mass is 431 g/mol. The Kier molecular flexibility index (Phi) is 5.48. The Morgan fingerprint density at radius 1 is 1.00 bits per heavy atom. The third-order valence-electron chi connectivity index (χ3n) is 4.95. The van der Waals surface area contributed by atoms with Crippen LogP contribution >= 0.6 is 23.2 Å². The van der Waals surface area contributed by atoms with Crippen LogP contribution in [0.25, 0.3) is 0 Å². The number of anilines is 2. The summed E-state index contributed by atoms with van der Waals surface area (Å²) in [5.74, 6) is -0.638. The van der Waals surface area contributed by atoms with Gasteiger partial charge in [0.2, 0.25) is 5.91 Å². The van der Waals surface area contributed by atoms with Crippen molar-refractivity contribution in [1.82, 2.24) is 5.32 Å². The van der Waals surface area contributed by atoms with Crippen LogP contribution in [0.4, 0.5) is 11.4 Å². The minimum Gasteiger partial charge on any atom is -0.349 e. The molecule has 0 spiro atoms. The second kappa shape index (κ2) is 8.05. The van der Waals surface area contributed by atoms with E-state index < -0.39 is 0 Å². The Bertz CT molecular complexity index is 1000. The Hall–Kier alpha value is -2.57. The lowest BCUT2D eigenvalue weighted by Gasteiger charge is -2.20. The molecule has 1 saturated carbocycles. The summed E-state index contributed by atoms with van der Waals surface area (Å²) in [6.45, 7) is 0.552. The second-order valence-electron chi connectivity index (χ2n) is 7.21. The van der Waals surface area contributed by atoms with Crippen molar-refractivity contribution in [3.8, 4) is 0 Å². The van der Waals surface area contributed by atoms with Gasteiger partial charge >= 0.3 is 0 Å². The predicted molar refractivity (Wildman–Crippen MR) is 113 cm³/mol. The van der Waals surface area contributed by atoms with Crippen LogP contribution in [-0.2, 0) is 4.79 Å². The molecule has 8 heteroatoms. The first-order chi connectivity index (χ1) is 13.9. The summed E-state index contributed by atoms with van der Waals surface area (Å²) in [5, 5.41) is 6.37. The lowest BCUT2D eigenvalue weighted by Crippen LogP contribution is -2.27. The topological polar surface area (TPSA) is 78.5 Å². The third kappa shape index (κ3) is 4.38. The van der Waals surface area contributed by atoms with Crippen molar-refractivity contribution < 1.29 is 14.4 Å². The summed E-state index contributed by atoms with van der Waals surface area (Å²) in [5.41, 5.74) is 1.66. The van der Waals surface area contributed by atoms with E-state index in [-0.39, 0.29) is 28.8 Å². The van der Waals surface area contributed by atoms with Crippen molar-refractivity contribution in [1.29, 1.82) is 0 Å². The van der Waals surface area contributed by atoms with Gasteiger partial charge in [-0.2, -0.15) is 0 Å². The van der Waals surface area contributed by atoms with Crippen molar-refractivity contribution in [2.24, 2.45) is 0 Å². The van der Waals surface area contributed by atoms with Crippen molar-refractivity contribution >= 4 is 52.3 Å². The van der Waals surface area contributed by atoms with Gasteiger partial charge in [-0.3, -0.25) is 14.4 Å². The molecule has 2 aliphatic rings. The number of carbonyl (C=O) groups excluding carboxylic acids is 3. The molecule has 3 amide bonds. The molecule has 6 nitrogen and oxygen atoms in total. The maximum atomic E-state index is 12.9. The van der Waals surface area contributed by atoms with Crippen LogP contribution in [0.3, 0.4) is 0 Å². The maximum absolute atomic E-state index is 12.9. The van der Waals surface area contributed by atoms with E-state index in [1.54, 1.807) is 35.2 Å². The SMILES string of the molecule is O=C(NC1CC1)c1ccc(NC(=O)c2ccc(Cl)cc2N2CCCC2=O)cc1Cl. The van der Waals surface area contributed by atoms with Crippen LogP contribution in [0.1, 0.15) is 46.4 Å². The highest BCUT2D eigenvalue weighted by Crippen LogP contribution is 2.30. The second-order valence-corrected chi connectivity index (χ2v) is 8.05. The number of nitrogens with one attached hydrogen (secondary N) is 2. The number of benzene rings is 2. The predicted octanol–water partition coefficient (Wildman–Crippen LogP) is 4.26. The first-order valence-electron chi connectivity index (χ1n) is 9.44. The van der Waals surface area contributed by atoms with Crippen LogP contribution in [0, 0.1) is 0 Å². The van der Waals surface area contributed by atoms with Crippen molar-refractivity contribution in [2.75, 3.05) is 16.8 Å². The molecule has 1 saturated heterocycles. The smallest absolute Gasteiger partial charge is 0.257 e. The average molecular weight is 432 g/mol. The van der Waals surface area contributed by atoms with Crippen LogP contribution in [0.5, 0.6) is 0 Å². The number of amides is 3. The number of rotatable bonds is 5. The highest BCUT2D eigenvalue weighted by Gasteiger charge is 2.27. The van der Waals surface area contributed by atoms with E-state index in [0.717, 1.165) is 19.3 Å². The Morgan fingerprint density at radius 2 is 1.76 bits per heavy atom. The molecule has 1 aliphatic heterocycles. The molecule has 2 fully saturated rings. The summed E-state index contributed by atoms with van der Waals surface area (Å²) in [7, 11) is 0. The zero-order valence-corrected chi connectivity index (χ0v) is 17.0. The summed E-state index contributed by atoms with van der Waals surface area (Å²) in [6, 6.07) is 9.81. The summed E-state index contributed by atoms with van der Waals surface area (Å²) >= 11 is 12.3. The molecule has 2 aromatic carbocycles. The van der Waals surface area contributed by atoms with Gasteiger partial charge in [0.1, 0.15) is 0 Å². The highest BCUT2D eigenvalue weighted by molar-refractivity contribution is 6.34. The van der Waals surface area contributed by atoms with E-state index in [2.05, 4.69) is 10.6 Å². The fourth-order valence-electron chi connectivity index (χ4n) is 3.29. The quantitative estimate of drug-likeness (QED) is 0.741. The Morgan fingerprint density at radius 3 is 2.41 bits per heavy atom. The lowest BCUT2D eigenvalue weighted by molar-refractivity contribution is -0.117. The fraction of sp³-hybridized carbons (Fsp3) is 0.286. The minimum atomic E-state index is -0.386. The number of carbonyl (C=O) groups is 3. The summed E-state index contributed by atoms with van der Waals surface area (Å²) in [6.07, 6.45) is 3.17. The van der Waals surface area contributed by atoms with Gasteiger partial charge in [0.15, 0.2) is 0 Å². The first kappa shape index (κ1) is 19.7. The van der Waals surface area contributed by atoms with E-state index in [1.165, 1.54) is 6.07 Å². The summed E-state index contributed by atoms with van der Waals surface area (Å²) in [4.78, 5) is 38.8. The summed E-state index contributed by atoms with van der Waals surface area (Å²) < 4.78 is 0. The standard InChI is InChI=1S/C21H19Cl2N3O3/c22-12-3-7-16(18(10-12)26-9-1-2-19(26)27)21(29)25-14-6-8-15(17(23)11-14)20(28)24-13-4-5-13/h3,6-8,10-11,13H,1-2,4-5,9H2,(H,24,28)(H,25,29). The molecule has 0 aromatic heterocycles. The van der Waals surface area contributed by atoms with Gasteiger partial charge in [0.25, 0.3) is 11.8 Å². The molecule has 0 radical (unpaired) electrons. The van der Waals surface area contributed by atoms with Crippen LogP contribution in [0.2, 0.25) is 10.0 Å². The molecule has 150 valence electrons. The Balaban J connectivity index is 1.54. The van der Waals surface area contributed by atoms with E-state index in [1.807, 2.05) is 0 Å². The molecule has 2 N–H and O–H groups in total. The molecule has 0 atom stereocenters. The van der Waals surface area contributed by atoms with Crippen LogP contribution in [-0.4, -0.2) is 30.3 Å². The highest BCUT2D eigenvalue weighted by atomic mass is 35.5. The van der Waals surface area contributed by atoms with Crippen molar-refractivity contribution in [2.45, 2.75) is 31.7 Å². The fourth-order valence-corrected chi connectivity index (χ4v) is 3.72. The lowest BCUT2D eigenvalue weighted by atomic mass is 10.1. The Labute approximate surface area is 178 Å². The van der Waals surface area contributed by atoms with Gasteiger partial charge in [0, 0.05) is 29.7 Å². The van der Waals surface area contributed by atoms with E-state index in [4.69, 9.17) is 23.2 Å². The zero-order chi connectivity index (χ0) is 20.5. The maximum Gasteiger partial charge on any atom is 0.257 e. The van der Waals surface area contributed by atoms with Gasteiger partial charge in [-0.05, 0) is 55.7 Å². The molecule has 4 rings (SSSR count). The number of halogens is 2. The number of nitrogens with zero attached hydrogens (tertiary/aromatic N) is 1. The van der Waals surface area contributed by atoms with E-state index >= 15 is 0 Å². The van der Waals surface area contributed by atoms with E-state index in [0.29, 0.717) is 40.5 Å². The van der Waals surface area contributed by atoms with Crippen LogP contribution in [0.15, 0.2) is 36.4 Å².